The lowest BCUT2D eigenvalue weighted by Crippen LogP contribution is -2.27. The SMILES string of the molecule is CNCC(CSN=O)C(=O)O. The molecule has 0 amide bonds. The quantitative estimate of drug-likeness (QED) is 0.452. The van der Waals surface area contributed by atoms with Crippen molar-refractivity contribution in [2.45, 2.75) is 0 Å². The van der Waals surface area contributed by atoms with Crippen molar-refractivity contribution in [1.29, 1.82) is 0 Å². The fraction of sp³-hybridized carbons (Fsp3) is 0.800. The number of carboxylic acids is 1. The molecule has 1 unspecified atom stereocenters. The van der Waals surface area contributed by atoms with Gasteiger partial charge in [0.05, 0.1) is 5.92 Å². The van der Waals surface area contributed by atoms with Gasteiger partial charge in [0.2, 0.25) is 0 Å². The third-order valence-electron chi connectivity index (χ3n) is 1.13. The Balaban J connectivity index is 3.68. The van der Waals surface area contributed by atoms with Gasteiger partial charge in [-0.05, 0) is 7.05 Å². The minimum absolute atomic E-state index is 0.222. The summed E-state index contributed by atoms with van der Waals surface area (Å²) in [6.07, 6.45) is 0. The van der Waals surface area contributed by atoms with Crippen LogP contribution in [-0.2, 0) is 4.79 Å². The van der Waals surface area contributed by atoms with Crippen LogP contribution in [0.15, 0.2) is 4.58 Å². The van der Waals surface area contributed by atoms with Gasteiger partial charge in [-0.3, -0.25) is 4.79 Å². The van der Waals surface area contributed by atoms with Crippen LogP contribution in [0.1, 0.15) is 0 Å². The van der Waals surface area contributed by atoms with E-state index in [9.17, 15) is 9.70 Å². The van der Waals surface area contributed by atoms with E-state index in [1.807, 2.05) is 0 Å². The Labute approximate surface area is 68.7 Å². The molecule has 0 heterocycles. The van der Waals surface area contributed by atoms with Gasteiger partial charge in [-0.1, -0.05) is 0 Å². The Kier molecular flexibility index (Phi) is 5.77. The second-order valence-electron chi connectivity index (χ2n) is 1.96. The molecule has 64 valence electrons. The summed E-state index contributed by atoms with van der Waals surface area (Å²) in [4.78, 5) is 20.0. The monoisotopic (exact) mass is 178 g/mol. The van der Waals surface area contributed by atoms with Gasteiger partial charge in [0.15, 0.2) is 0 Å². The Hall–Kier alpha value is -0.620. The Morgan fingerprint density at radius 2 is 2.45 bits per heavy atom. The van der Waals surface area contributed by atoms with E-state index in [1.54, 1.807) is 7.05 Å². The van der Waals surface area contributed by atoms with Crippen molar-refractivity contribution in [2.75, 3.05) is 19.3 Å². The molecule has 0 fully saturated rings. The zero-order valence-electron chi connectivity index (χ0n) is 6.11. The van der Waals surface area contributed by atoms with Crippen molar-refractivity contribution in [1.82, 2.24) is 5.32 Å². The predicted octanol–water partition coefficient (Wildman–Crippen LogP) is 0.321. The lowest BCUT2D eigenvalue weighted by molar-refractivity contribution is -0.140. The summed E-state index contributed by atoms with van der Waals surface area (Å²) >= 11 is 0.733. The largest absolute Gasteiger partial charge is 0.481 e. The molecule has 2 N–H and O–H groups in total. The van der Waals surface area contributed by atoms with Crippen LogP contribution in [-0.4, -0.2) is 30.4 Å². The summed E-state index contributed by atoms with van der Waals surface area (Å²) in [6, 6.07) is 0. The minimum atomic E-state index is -0.907. The first-order valence-electron chi connectivity index (χ1n) is 3.04. The molecule has 0 saturated heterocycles. The van der Waals surface area contributed by atoms with Gasteiger partial charge in [0, 0.05) is 28.8 Å². The highest BCUT2D eigenvalue weighted by atomic mass is 32.2. The van der Waals surface area contributed by atoms with Crippen LogP contribution in [0.4, 0.5) is 0 Å². The van der Waals surface area contributed by atoms with Crippen LogP contribution < -0.4 is 5.32 Å². The first-order chi connectivity index (χ1) is 5.22. The maximum absolute atomic E-state index is 10.4. The summed E-state index contributed by atoms with van der Waals surface area (Å²) < 4.78 is 2.52. The van der Waals surface area contributed by atoms with E-state index >= 15 is 0 Å². The van der Waals surface area contributed by atoms with E-state index in [0.29, 0.717) is 6.54 Å². The first kappa shape index (κ1) is 10.4. The van der Waals surface area contributed by atoms with E-state index in [2.05, 4.69) is 9.90 Å². The number of hydrogen-bond acceptors (Lipinski definition) is 5. The zero-order valence-corrected chi connectivity index (χ0v) is 6.93. The van der Waals surface area contributed by atoms with Gasteiger partial charge in [-0.2, -0.15) is 0 Å². The molecule has 0 aliphatic rings. The van der Waals surface area contributed by atoms with Crippen LogP contribution in [0.25, 0.3) is 0 Å². The van der Waals surface area contributed by atoms with Crippen molar-refractivity contribution in [3.63, 3.8) is 0 Å². The third-order valence-corrected chi connectivity index (χ3v) is 1.79. The normalized spacial score (nSPS) is 12.5. The average molecular weight is 178 g/mol. The highest BCUT2D eigenvalue weighted by molar-refractivity contribution is 7.97. The maximum Gasteiger partial charge on any atom is 0.308 e. The molecule has 0 aromatic rings. The van der Waals surface area contributed by atoms with Crippen molar-refractivity contribution in [2.24, 2.45) is 10.5 Å². The molecule has 0 bridgehead atoms. The number of nitroso groups, excluding NO2 is 1. The molecule has 5 nitrogen and oxygen atoms in total. The molecule has 0 aromatic carbocycles. The molecule has 0 rings (SSSR count). The summed E-state index contributed by atoms with van der Waals surface area (Å²) in [5, 5.41) is 11.3. The highest BCUT2D eigenvalue weighted by Gasteiger charge is 2.16. The van der Waals surface area contributed by atoms with Crippen LogP contribution >= 0.6 is 11.9 Å². The third kappa shape index (κ3) is 4.74. The molecular weight excluding hydrogens is 168 g/mol. The van der Waals surface area contributed by atoms with Crippen LogP contribution in [0.5, 0.6) is 0 Å². The number of carbonyl (C=O) groups is 1. The number of rotatable bonds is 6. The maximum atomic E-state index is 10.4. The highest BCUT2D eigenvalue weighted by Crippen LogP contribution is 2.08. The van der Waals surface area contributed by atoms with Crippen molar-refractivity contribution < 1.29 is 9.90 Å². The molecule has 1 atom stereocenters. The molecule has 0 saturated carbocycles. The van der Waals surface area contributed by atoms with E-state index < -0.39 is 11.9 Å². The molecule has 11 heavy (non-hydrogen) atoms. The van der Waals surface area contributed by atoms with Gasteiger partial charge in [-0.15, -0.1) is 4.91 Å². The second kappa shape index (κ2) is 6.11. The summed E-state index contributed by atoms with van der Waals surface area (Å²) in [7, 11) is 1.66. The van der Waals surface area contributed by atoms with Crippen molar-refractivity contribution in [3.8, 4) is 0 Å². The summed E-state index contributed by atoms with van der Waals surface area (Å²) in [5.74, 6) is -1.22. The van der Waals surface area contributed by atoms with Crippen LogP contribution in [0.2, 0.25) is 0 Å². The minimum Gasteiger partial charge on any atom is -0.481 e. The molecule has 0 radical (unpaired) electrons. The second-order valence-corrected chi connectivity index (χ2v) is 2.70. The topological polar surface area (TPSA) is 78.8 Å². The number of carboxylic acid groups (broad SMARTS) is 1. The van der Waals surface area contributed by atoms with E-state index in [4.69, 9.17) is 5.11 Å². The fourth-order valence-corrected chi connectivity index (χ4v) is 1.09. The molecule has 0 aromatic heterocycles. The van der Waals surface area contributed by atoms with Crippen LogP contribution in [0, 0.1) is 10.8 Å². The Bertz CT molecular complexity index is 142. The van der Waals surface area contributed by atoms with Crippen molar-refractivity contribution >= 4 is 17.9 Å². The van der Waals surface area contributed by atoms with Crippen molar-refractivity contribution in [3.05, 3.63) is 4.91 Å². The zero-order chi connectivity index (χ0) is 8.69. The van der Waals surface area contributed by atoms with Crippen LogP contribution in [0.3, 0.4) is 0 Å². The average Bonchev–Trinajstić information content (AvgIpc) is 1.97. The smallest absolute Gasteiger partial charge is 0.308 e. The van der Waals surface area contributed by atoms with E-state index in [1.165, 1.54) is 0 Å². The fourth-order valence-electron chi connectivity index (χ4n) is 0.584. The lowest BCUT2D eigenvalue weighted by Gasteiger charge is -2.07. The summed E-state index contributed by atoms with van der Waals surface area (Å²) in [6.45, 7) is 0.359. The summed E-state index contributed by atoms with van der Waals surface area (Å²) in [5.41, 5.74) is 0. The Morgan fingerprint density at radius 1 is 1.82 bits per heavy atom. The first-order valence-corrected chi connectivity index (χ1v) is 3.98. The lowest BCUT2D eigenvalue weighted by atomic mass is 10.2. The molecule has 0 aliphatic carbocycles. The van der Waals surface area contributed by atoms with Gasteiger partial charge in [0.25, 0.3) is 0 Å². The number of hydrogen-bond donors (Lipinski definition) is 2. The molecule has 0 aliphatic heterocycles. The van der Waals surface area contributed by atoms with E-state index in [-0.39, 0.29) is 5.75 Å². The Morgan fingerprint density at radius 3 is 2.82 bits per heavy atom. The number of aliphatic carboxylic acids is 1. The molecular formula is C5H10N2O3S. The number of nitrogens with zero attached hydrogens (tertiary/aromatic N) is 1. The molecule has 6 heteroatoms. The molecule has 0 spiro atoms. The van der Waals surface area contributed by atoms with Gasteiger partial charge in [0.1, 0.15) is 0 Å². The predicted molar refractivity (Wildman–Crippen MR) is 43.3 cm³/mol. The van der Waals surface area contributed by atoms with E-state index in [0.717, 1.165) is 11.9 Å². The van der Waals surface area contributed by atoms with Gasteiger partial charge >= 0.3 is 5.97 Å². The van der Waals surface area contributed by atoms with Gasteiger partial charge < -0.3 is 10.4 Å². The van der Waals surface area contributed by atoms with Gasteiger partial charge in [-0.25, -0.2) is 0 Å². The standard InChI is InChI=1S/C5H10N2O3S/c1-6-2-4(5(8)9)3-11-7-10/h4,6H,2-3H2,1H3,(H,8,9). The number of nitrogens with one attached hydrogen (secondary N) is 1.